The molecule has 0 aliphatic carbocycles. The van der Waals surface area contributed by atoms with E-state index in [0.717, 1.165) is 8.98 Å². The number of hydrogen-bond donors (Lipinski definition) is 2. The van der Waals surface area contributed by atoms with Crippen molar-refractivity contribution in [1.29, 1.82) is 0 Å². The highest BCUT2D eigenvalue weighted by molar-refractivity contribution is 14.1. The summed E-state index contributed by atoms with van der Waals surface area (Å²) < 4.78 is 31.4. The van der Waals surface area contributed by atoms with Gasteiger partial charge in [-0.1, -0.05) is 35.8 Å². The fourth-order valence-electron chi connectivity index (χ4n) is 1.71. The number of rotatable bonds is 8. The Balaban J connectivity index is 1.99. The van der Waals surface area contributed by atoms with Crippen LogP contribution in [-0.4, -0.2) is 26.5 Å². The molecule has 2 rings (SSSR count). The number of pyridine rings is 1. The molecule has 0 atom stereocenters. The summed E-state index contributed by atoms with van der Waals surface area (Å²) in [6.07, 6.45) is 0. The Morgan fingerprint density at radius 2 is 1.96 bits per heavy atom. The monoisotopic (exact) mass is 513 g/mol. The van der Waals surface area contributed by atoms with E-state index >= 15 is 0 Å². The molecule has 0 aliphatic rings. The number of hydrogen-bond acceptors (Lipinski definition) is 5. The second-order valence-electron chi connectivity index (χ2n) is 4.69. The van der Waals surface area contributed by atoms with Crippen LogP contribution in [0.25, 0.3) is 0 Å². The van der Waals surface area contributed by atoms with Crippen molar-refractivity contribution in [2.24, 2.45) is 0 Å². The molecular formula is C15H14Cl2IN3O3S. The van der Waals surface area contributed by atoms with E-state index in [9.17, 15) is 8.42 Å². The average Bonchev–Trinajstić information content (AvgIpc) is 2.57. The number of nitrogens with zero attached hydrogens (tertiary/aromatic N) is 1. The lowest BCUT2D eigenvalue weighted by Crippen LogP contribution is -2.27. The molecule has 1 aromatic carbocycles. The van der Waals surface area contributed by atoms with Gasteiger partial charge in [-0.3, -0.25) is 0 Å². The predicted molar refractivity (Wildman–Crippen MR) is 109 cm³/mol. The molecule has 10 heteroatoms. The number of ether oxygens (including phenoxy) is 1. The topological polar surface area (TPSA) is 80.3 Å². The van der Waals surface area contributed by atoms with E-state index in [1.54, 1.807) is 30.3 Å². The standard InChI is InChI=1S/C15H14Cl2IN3O3S/c1-2-25(22,23)20-7-6-19-14-4-3-5-15(21-14)24-13-9-11(17)10(16)8-12(13)18/h2-5,8-9,20H,1,6-7H2,(H,19,21). The Labute approximate surface area is 169 Å². The lowest BCUT2D eigenvalue weighted by atomic mass is 10.3. The molecule has 2 aromatic rings. The Bertz CT molecular complexity index is 878. The van der Waals surface area contributed by atoms with E-state index < -0.39 is 10.0 Å². The van der Waals surface area contributed by atoms with Gasteiger partial charge in [0, 0.05) is 30.6 Å². The molecule has 0 unspecified atom stereocenters. The Hall–Kier alpha value is -1.07. The Morgan fingerprint density at radius 3 is 2.68 bits per heavy atom. The number of aromatic nitrogens is 1. The first-order chi connectivity index (χ1) is 11.8. The highest BCUT2D eigenvalue weighted by atomic mass is 127. The molecule has 0 aliphatic heterocycles. The van der Waals surface area contributed by atoms with Crippen molar-refractivity contribution >= 4 is 61.6 Å². The maximum atomic E-state index is 11.2. The number of nitrogens with one attached hydrogen (secondary N) is 2. The van der Waals surface area contributed by atoms with Gasteiger partial charge in [-0.25, -0.2) is 13.1 Å². The molecule has 0 fully saturated rings. The van der Waals surface area contributed by atoms with Crippen molar-refractivity contribution in [3.63, 3.8) is 0 Å². The van der Waals surface area contributed by atoms with Gasteiger partial charge in [0.2, 0.25) is 15.9 Å². The fourth-order valence-corrected chi connectivity index (χ4v) is 3.29. The van der Waals surface area contributed by atoms with Gasteiger partial charge < -0.3 is 10.1 Å². The van der Waals surface area contributed by atoms with Crippen LogP contribution in [-0.2, 0) is 10.0 Å². The lowest BCUT2D eigenvalue weighted by molar-refractivity contribution is 0.460. The maximum absolute atomic E-state index is 11.2. The first-order valence-corrected chi connectivity index (χ1v) is 10.3. The minimum absolute atomic E-state index is 0.200. The van der Waals surface area contributed by atoms with Crippen molar-refractivity contribution in [3.8, 4) is 11.6 Å². The molecule has 134 valence electrons. The molecule has 1 heterocycles. The van der Waals surface area contributed by atoms with Gasteiger partial charge >= 0.3 is 0 Å². The van der Waals surface area contributed by atoms with Gasteiger partial charge in [0.25, 0.3) is 0 Å². The zero-order valence-corrected chi connectivity index (χ0v) is 17.3. The van der Waals surface area contributed by atoms with Gasteiger partial charge in [-0.05, 0) is 34.7 Å². The second kappa shape index (κ2) is 9.04. The van der Waals surface area contributed by atoms with Crippen molar-refractivity contribution in [2.75, 3.05) is 18.4 Å². The van der Waals surface area contributed by atoms with E-state index in [4.69, 9.17) is 27.9 Å². The fraction of sp³-hybridized carbons (Fsp3) is 0.133. The smallest absolute Gasteiger partial charge is 0.233 e. The zero-order chi connectivity index (χ0) is 18.4. The van der Waals surface area contributed by atoms with Gasteiger partial charge in [-0.15, -0.1) is 0 Å². The summed E-state index contributed by atoms with van der Waals surface area (Å²) in [5.41, 5.74) is 0. The van der Waals surface area contributed by atoms with Crippen molar-refractivity contribution in [2.45, 2.75) is 0 Å². The molecule has 0 bridgehead atoms. The third kappa shape index (κ3) is 6.30. The molecule has 6 nitrogen and oxygen atoms in total. The summed E-state index contributed by atoms with van der Waals surface area (Å²) >= 11 is 14.1. The minimum Gasteiger partial charge on any atom is -0.438 e. The first-order valence-electron chi connectivity index (χ1n) is 6.96. The number of benzene rings is 1. The van der Waals surface area contributed by atoms with Crippen molar-refractivity contribution < 1.29 is 13.2 Å². The predicted octanol–water partition coefficient (Wildman–Crippen LogP) is 4.26. The Morgan fingerprint density at radius 1 is 1.24 bits per heavy atom. The third-order valence-corrected chi connectivity index (χ3v) is 5.48. The Kier molecular flexibility index (Phi) is 7.32. The number of halogens is 3. The van der Waals surface area contributed by atoms with E-state index in [1.807, 2.05) is 0 Å². The van der Waals surface area contributed by atoms with Crippen LogP contribution >= 0.6 is 45.8 Å². The van der Waals surface area contributed by atoms with Gasteiger partial charge in [0.15, 0.2) is 0 Å². The summed E-state index contributed by atoms with van der Waals surface area (Å²) in [6, 6.07) is 8.53. The average molecular weight is 514 g/mol. The molecular weight excluding hydrogens is 500 g/mol. The SMILES string of the molecule is C=CS(=O)(=O)NCCNc1cccc(Oc2cc(Cl)c(Cl)cc2I)n1. The van der Waals surface area contributed by atoms with E-state index in [-0.39, 0.29) is 6.54 Å². The van der Waals surface area contributed by atoms with E-state index in [1.165, 1.54) is 0 Å². The highest BCUT2D eigenvalue weighted by Gasteiger charge is 2.09. The summed E-state index contributed by atoms with van der Waals surface area (Å²) in [5, 5.41) is 4.70. The lowest BCUT2D eigenvalue weighted by Gasteiger charge is -2.10. The van der Waals surface area contributed by atoms with Crippen molar-refractivity contribution in [3.05, 3.63) is 55.9 Å². The molecule has 0 amide bonds. The summed E-state index contributed by atoms with van der Waals surface area (Å²) in [4.78, 5) is 4.31. The zero-order valence-electron chi connectivity index (χ0n) is 12.8. The van der Waals surface area contributed by atoms with Crippen LogP contribution in [0.3, 0.4) is 0 Å². The first kappa shape index (κ1) is 20.2. The molecule has 1 aromatic heterocycles. The van der Waals surface area contributed by atoms with Crippen LogP contribution in [0.5, 0.6) is 11.6 Å². The largest absolute Gasteiger partial charge is 0.438 e. The van der Waals surface area contributed by atoms with Crippen LogP contribution in [0, 0.1) is 3.57 Å². The quantitative estimate of drug-likeness (QED) is 0.313. The summed E-state index contributed by atoms with van der Waals surface area (Å²) in [7, 11) is -3.43. The maximum Gasteiger partial charge on any atom is 0.233 e. The van der Waals surface area contributed by atoms with Gasteiger partial charge in [-0.2, -0.15) is 4.98 Å². The van der Waals surface area contributed by atoms with Gasteiger partial charge in [0.05, 0.1) is 13.6 Å². The van der Waals surface area contributed by atoms with Crippen LogP contribution in [0.1, 0.15) is 0 Å². The van der Waals surface area contributed by atoms with Crippen LogP contribution in [0.4, 0.5) is 5.82 Å². The van der Waals surface area contributed by atoms with Crippen LogP contribution in [0.2, 0.25) is 10.0 Å². The molecule has 25 heavy (non-hydrogen) atoms. The summed E-state index contributed by atoms with van der Waals surface area (Å²) in [5.74, 6) is 1.46. The van der Waals surface area contributed by atoms with E-state index in [2.05, 4.69) is 44.2 Å². The van der Waals surface area contributed by atoms with E-state index in [0.29, 0.717) is 34.0 Å². The second-order valence-corrected chi connectivity index (χ2v) is 8.38. The molecule has 0 saturated carbocycles. The molecule has 0 spiro atoms. The minimum atomic E-state index is -3.43. The molecule has 2 N–H and O–H groups in total. The van der Waals surface area contributed by atoms with Crippen LogP contribution in [0.15, 0.2) is 42.3 Å². The van der Waals surface area contributed by atoms with Gasteiger partial charge in [0.1, 0.15) is 11.6 Å². The highest BCUT2D eigenvalue weighted by Crippen LogP contribution is 2.33. The third-order valence-electron chi connectivity index (χ3n) is 2.87. The number of anilines is 1. The normalized spacial score (nSPS) is 11.2. The molecule has 0 saturated heterocycles. The van der Waals surface area contributed by atoms with Crippen molar-refractivity contribution in [1.82, 2.24) is 9.71 Å². The summed E-state index contributed by atoms with van der Waals surface area (Å²) in [6.45, 7) is 3.78. The van der Waals surface area contributed by atoms with Crippen LogP contribution < -0.4 is 14.8 Å². The number of sulfonamides is 1. The molecule has 0 radical (unpaired) electrons.